The van der Waals surface area contributed by atoms with Crippen molar-refractivity contribution in [2.24, 2.45) is 5.92 Å². The van der Waals surface area contributed by atoms with Crippen molar-refractivity contribution in [2.75, 3.05) is 0 Å². The first-order chi connectivity index (χ1) is 11.1. The van der Waals surface area contributed by atoms with Crippen molar-refractivity contribution < 1.29 is 14.4 Å². The summed E-state index contributed by atoms with van der Waals surface area (Å²) in [5.41, 5.74) is 1.36. The standard InChI is InChI=1S/C19H15BrO3/c20-15-9-5-4-8-14(15)19(23)18-16(21)10-13(11-17(18)22)12-6-2-1-3-7-12/h1-9,13,18H,10-11H2. The number of Topliss-reactive ketones (excluding diaryl/α,β-unsaturated/α-hetero) is 3. The number of rotatable bonds is 3. The fourth-order valence-electron chi connectivity index (χ4n) is 3.04. The number of ketones is 3. The molecule has 0 heterocycles. The van der Waals surface area contributed by atoms with Crippen LogP contribution in [0.2, 0.25) is 0 Å². The van der Waals surface area contributed by atoms with E-state index in [1.165, 1.54) is 0 Å². The first-order valence-electron chi connectivity index (χ1n) is 7.47. The van der Waals surface area contributed by atoms with Crippen LogP contribution in [-0.4, -0.2) is 17.3 Å². The fraction of sp³-hybridized carbons (Fsp3) is 0.211. The Morgan fingerprint density at radius 3 is 2.04 bits per heavy atom. The van der Waals surface area contributed by atoms with Gasteiger partial charge in [0.05, 0.1) is 0 Å². The number of benzene rings is 2. The number of carbonyl (C=O) groups is 3. The van der Waals surface area contributed by atoms with Gasteiger partial charge < -0.3 is 0 Å². The minimum atomic E-state index is -1.16. The van der Waals surface area contributed by atoms with E-state index in [1.54, 1.807) is 24.3 Å². The first-order valence-corrected chi connectivity index (χ1v) is 8.26. The van der Waals surface area contributed by atoms with Gasteiger partial charge in [0, 0.05) is 22.9 Å². The van der Waals surface area contributed by atoms with Gasteiger partial charge in [-0.3, -0.25) is 14.4 Å². The molecule has 0 amide bonds. The zero-order valence-electron chi connectivity index (χ0n) is 12.4. The fourth-order valence-corrected chi connectivity index (χ4v) is 3.52. The molecule has 0 bridgehead atoms. The average Bonchev–Trinajstić information content (AvgIpc) is 2.55. The maximum absolute atomic E-state index is 12.6. The summed E-state index contributed by atoms with van der Waals surface area (Å²) in [6, 6.07) is 16.4. The van der Waals surface area contributed by atoms with E-state index in [2.05, 4.69) is 15.9 Å². The molecule has 0 aromatic heterocycles. The normalized spacial score (nSPS) is 21.3. The Morgan fingerprint density at radius 2 is 1.43 bits per heavy atom. The predicted molar refractivity (Wildman–Crippen MR) is 90.4 cm³/mol. The molecule has 23 heavy (non-hydrogen) atoms. The van der Waals surface area contributed by atoms with Crippen LogP contribution in [0.1, 0.15) is 34.7 Å². The van der Waals surface area contributed by atoms with E-state index in [-0.39, 0.29) is 30.3 Å². The van der Waals surface area contributed by atoms with Crippen molar-refractivity contribution in [1.82, 2.24) is 0 Å². The summed E-state index contributed by atoms with van der Waals surface area (Å²) in [5.74, 6) is -2.25. The molecule has 1 saturated carbocycles. The Bertz CT molecular complexity index is 749. The van der Waals surface area contributed by atoms with Gasteiger partial charge in [-0.2, -0.15) is 0 Å². The number of hydrogen-bond donors (Lipinski definition) is 0. The molecule has 1 aliphatic rings. The molecule has 0 N–H and O–H groups in total. The molecule has 0 spiro atoms. The molecule has 0 atom stereocenters. The van der Waals surface area contributed by atoms with E-state index in [0.29, 0.717) is 10.0 Å². The first kappa shape index (κ1) is 15.8. The topological polar surface area (TPSA) is 51.2 Å². The summed E-state index contributed by atoms with van der Waals surface area (Å²) >= 11 is 3.31. The lowest BCUT2D eigenvalue weighted by Crippen LogP contribution is -2.38. The Morgan fingerprint density at radius 1 is 0.870 bits per heavy atom. The highest BCUT2D eigenvalue weighted by atomic mass is 79.9. The number of hydrogen-bond acceptors (Lipinski definition) is 3. The van der Waals surface area contributed by atoms with Crippen LogP contribution in [0.5, 0.6) is 0 Å². The van der Waals surface area contributed by atoms with Gasteiger partial charge in [-0.05, 0) is 17.5 Å². The third-order valence-electron chi connectivity index (χ3n) is 4.21. The van der Waals surface area contributed by atoms with E-state index >= 15 is 0 Å². The monoisotopic (exact) mass is 370 g/mol. The molecule has 4 heteroatoms. The van der Waals surface area contributed by atoms with Crippen molar-refractivity contribution in [2.45, 2.75) is 18.8 Å². The third kappa shape index (κ3) is 3.17. The summed E-state index contributed by atoms with van der Waals surface area (Å²) in [7, 11) is 0. The Balaban J connectivity index is 1.84. The van der Waals surface area contributed by atoms with Gasteiger partial charge in [0.15, 0.2) is 17.3 Å². The SMILES string of the molecule is O=C1CC(c2ccccc2)CC(=O)C1C(=O)c1ccccc1Br. The number of carbonyl (C=O) groups excluding carboxylic acids is 3. The molecule has 0 aliphatic heterocycles. The van der Waals surface area contributed by atoms with Crippen molar-refractivity contribution in [1.29, 1.82) is 0 Å². The van der Waals surface area contributed by atoms with Crippen LogP contribution < -0.4 is 0 Å². The van der Waals surface area contributed by atoms with Crippen LogP contribution in [0, 0.1) is 5.92 Å². The van der Waals surface area contributed by atoms with Gasteiger partial charge in [-0.25, -0.2) is 0 Å². The highest BCUT2D eigenvalue weighted by Crippen LogP contribution is 2.33. The molecule has 3 nitrogen and oxygen atoms in total. The Hall–Kier alpha value is -2.07. The average molecular weight is 371 g/mol. The largest absolute Gasteiger partial charge is 0.298 e. The Labute approximate surface area is 142 Å². The van der Waals surface area contributed by atoms with Gasteiger partial charge in [0.1, 0.15) is 5.92 Å². The summed E-state index contributed by atoms with van der Waals surface area (Å²) in [6.07, 6.45) is 0.466. The summed E-state index contributed by atoms with van der Waals surface area (Å²) in [5, 5.41) is 0. The second-order valence-corrected chi connectivity index (χ2v) is 6.58. The van der Waals surface area contributed by atoms with Gasteiger partial charge in [-0.15, -0.1) is 0 Å². The van der Waals surface area contributed by atoms with Crippen molar-refractivity contribution in [3.63, 3.8) is 0 Å². The lowest BCUT2D eigenvalue weighted by Gasteiger charge is -2.26. The van der Waals surface area contributed by atoms with Crippen LogP contribution in [0.4, 0.5) is 0 Å². The number of halogens is 1. The summed E-state index contributed by atoms with van der Waals surface area (Å²) in [6.45, 7) is 0. The van der Waals surface area contributed by atoms with Crippen molar-refractivity contribution in [3.8, 4) is 0 Å². The van der Waals surface area contributed by atoms with Crippen LogP contribution >= 0.6 is 15.9 Å². The van der Waals surface area contributed by atoms with E-state index < -0.39 is 11.7 Å². The lowest BCUT2D eigenvalue weighted by molar-refractivity contribution is -0.133. The minimum Gasteiger partial charge on any atom is -0.298 e. The smallest absolute Gasteiger partial charge is 0.181 e. The van der Waals surface area contributed by atoms with Crippen LogP contribution in [0.3, 0.4) is 0 Å². The van der Waals surface area contributed by atoms with E-state index in [4.69, 9.17) is 0 Å². The highest BCUT2D eigenvalue weighted by Gasteiger charge is 2.41. The Kier molecular flexibility index (Phi) is 4.53. The maximum atomic E-state index is 12.6. The molecule has 0 saturated heterocycles. The summed E-state index contributed by atoms with van der Waals surface area (Å²) in [4.78, 5) is 37.5. The zero-order chi connectivity index (χ0) is 16.4. The predicted octanol–water partition coefficient (Wildman–Crippen LogP) is 3.96. The van der Waals surface area contributed by atoms with Crippen LogP contribution in [-0.2, 0) is 9.59 Å². The molecule has 3 rings (SSSR count). The van der Waals surface area contributed by atoms with Gasteiger partial charge in [0.25, 0.3) is 0 Å². The molecule has 0 radical (unpaired) electrons. The molecule has 0 unspecified atom stereocenters. The van der Waals surface area contributed by atoms with Crippen LogP contribution in [0.15, 0.2) is 59.1 Å². The quantitative estimate of drug-likeness (QED) is 0.606. The molecule has 1 aliphatic carbocycles. The minimum absolute atomic E-state index is 0.125. The van der Waals surface area contributed by atoms with E-state index in [9.17, 15) is 14.4 Å². The summed E-state index contributed by atoms with van der Waals surface area (Å²) < 4.78 is 0.607. The molecule has 116 valence electrons. The second kappa shape index (κ2) is 6.59. The van der Waals surface area contributed by atoms with Gasteiger partial charge in [0.2, 0.25) is 0 Å². The molecular formula is C19H15BrO3. The second-order valence-electron chi connectivity index (χ2n) is 5.73. The van der Waals surface area contributed by atoms with Gasteiger partial charge >= 0.3 is 0 Å². The third-order valence-corrected chi connectivity index (χ3v) is 4.90. The molecule has 2 aromatic carbocycles. The molecular weight excluding hydrogens is 356 g/mol. The zero-order valence-corrected chi connectivity index (χ0v) is 14.0. The van der Waals surface area contributed by atoms with Gasteiger partial charge in [-0.1, -0.05) is 64.5 Å². The maximum Gasteiger partial charge on any atom is 0.181 e. The van der Waals surface area contributed by atoms with Crippen molar-refractivity contribution in [3.05, 3.63) is 70.2 Å². The van der Waals surface area contributed by atoms with E-state index in [1.807, 2.05) is 30.3 Å². The lowest BCUT2D eigenvalue weighted by atomic mass is 9.74. The van der Waals surface area contributed by atoms with Crippen LogP contribution in [0.25, 0.3) is 0 Å². The van der Waals surface area contributed by atoms with E-state index in [0.717, 1.165) is 5.56 Å². The van der Waals surface area contributed by atoms with Crippen molar-refractivity contribution >= 4 is 33.3 Å². The highest BCUT2D eigenvalue weighted by molar-refractivity contribution is 9.10. The molecule has 2 aromatic rings. The molecule has 1 fully saturated rings.